The summed E-state index contributed by atoms with van der Waals surface area (Å²) < 4.78 is 24.5. The first-order valence-electron chi connectivity index (χ1n) is 5.47. The molecular formula is C12H12BrFN2O2. The van der Waals surface area contributed by atoms with Gasteiger partial charge in [0.05, 0.1) is 5.69 Å². The highest BCUT2D eigenvalue weighted by atomic mass is 79.9. The van der Waals surface area contributed by atoms with Crippen LogP contribution in [0.3, 0.4) is 0 Å². The quantitative estimate of drug-likeness (QED) is 0.918. The monoisotopic (exact) mass is 314 g/mol. The summed E-state index contributed by atoms with van der Waals surface area (Å²) in [5.41, 5.74) is 0.710. The zero-order valence-electron chi connectivity index (χ0n) is 9.74. The smallest absolute Gasteiger partial charge is 0.399 e. The van der Waals surface area contributed by atoms with Gasteiger partial charge in [0.2, 0.25) is 0 Å². The minimum atomic E-state index is -0.468. The molecule has 1 heterocycles. The molecule has 0 aliphatic rings. The van der Waals surface area contributed by atoms with Crippen molar-refractivity contribution in [2.45, 2.75) is 13.5 Å². The van der Waals surface area contributed by atoms with Crippen molar-refractivity contribution in [2.75, 3.05) is 6.54 Å². The second-order valence-electron chi connectivity index (χ2n) is 3.56. The number of aromatic nitrogens is 1. The van der Waals surface area contributed by atoms with E-state index in [-0.39, 0.29) is 11.8 Å². The van der Waals surface area contributed by atoms with E-state index in [1.807, 2.05) is 6.92 Å². The third-order valence-electron chi connectivity index (χ3n) is 2.18. The highest BCUT2D eigenvalue weighted by Crippen LogP contribution is 2.27. The summed E-state index contributed by atoms with van der Waals surface area (Å²) in [4.78, 5) is 4.08. The lowest BCUT2D eigenvalue weighted by molar-refractivity contribution is 0.318. The Bertz CT molecular complexity index is 531. The van der Waals surface area contributed by atoms with E-state index in [9.17, 15) is 4.39 Å². The molecule has 0 amide bonds. The Morgan fingerprint density at radius 1 is 1.50 bits per heavy atom. The van der Waals surface area contributed by atoms with Gasteiger partial charge in [0.1, 0.15) is 6.26 Å². The Morgan fingerprint density at radius 2 is 2.33 bits per heavy atom. The third kappa shape index (κ3) is 3.30. The van der Waals surface area contributed by atoms with Crippen LogP contribution in [0, 0.1) is 5.82 Å². The molecule has 0 spiro atoms. The average Bonchev–Trinajstić information content (AvgIpc) is 2.79. The van der Waals surface area contributed by atoms with E-state index in [4.69, 9.17) is 9.15 Å². The van der Waals surface area contributed by atoms with Crippen molar-refractivity contribution >= 4 is 15.9 Å². The minimum absolute atomic E-state index is 0.0277. The van der Waals surface area contributed by atoms with E-state index in [1.165, 1.54) is 18.4 Å². The predicted octanol–water partition coefficient (Wildman–Crippen LogP) is 3.48. The van der Waals surface area contributed by atoms with Crippen molar-refractivity contribution in [1.82, 2.24) is 10.3 Å². The van der Waals surface area contributed by atoms with Gasteiger partial charge >= 0.3 is 6.08 Å². The van der Waals surface area contributed by atoms with Crippen LogP contribution in [0.25, 0.3) is 0 Å². The molecule has 2 rings (SSSR count). The topological polar surface area (TPSA) is 47.3 Å². The van der Waals surface area contributed by atoms with E-state index in [2.05, 4.69) is 26.2 Å². The molecule has 0 bridgehead atoms. The Balaban J connectivity index is 2.08. The summed E-state index contributed by atoms with van der Waals surface area (Å²) >= 11 is 3.24. The number of ether oxygens (including phenoxy) is 1. The molecule has 96 valence electrons. The fourth-order valence-electron chi connectivity index (χ4n) is 1.32. The van der Waals surface area contributed by atoms with Gasteiger partial charge < -0.3 is 14.5 Å². The van der Waals surface area contributed by atoms with Crippen LogP contribution < -0.4 is 10.1 Å². The molecular weight excluding hydrogens is 303 g/mol. The number of rotatable bonds is 5. The molecule has 0 unspecified atom stereocenters. The number of nitrogens with zero attached hydrogens (tertiary/aromatic N) is 1. The maximum Gasteiger partial charge on any atom is 0.399 e. The maximum absolute atomic E-state index is 13.4. The second-order valence-corrected chi connectivity index (χ2v) is 4.48. The van der Waals surface area contributed by atoms with Crippen LogP contribution in [0.2, 0.25) is 0 Å². The van der Waals surface area contributed by atoms with Crippen LogP contribution >= 0.6 is 15.9 Å². The van der Waals surface area contributed by atoms with Gasteiger partial charge in [-0.15, -0.1) is 0 Å². The number of oxazole rings is 1. The fraction of sp³-hybridized carbons (Fsp3) is 0.250. The van der Waals surface area contributed by atoms with Gasteiger partial charge in [0.25, 0.3) is 0 Å². The SMILES string of the molecule is CCNCc1coc(Oc2cc(Br)ccc2F)n1. The van der Waals surface area contributed by atoms with E-state index < -0.39 is 5.82 Å². The molecule has 1 aromatic carbocycles. The fourth-order valence-corrected chi connectivity index (χ4v) is 1.66. The molecule has 2 aromatic rings. The standard InChI is InChI=1S/C12H12BrFN2O2/c1-2-15-6-9-7-17-12(16-9)18-11-5-8(13)3-4-10(11)14/h3-5,7,15H,2,6H2,1H3. The van der Waals surface area contributed by atoms with Gasteiger partial charge in [-0.25, -0.2) is 4.39 Å². The molecule has 0 radical (unpaired) electrons. The zero-order valence-corrected chi connectivity index (χ0v) is 11.3. The molecule has 6 heteroatoms. The third-order valence-corrected chi connectivity index (χ3v) is 2.67. The predicted molar refractivity (Wildman–Crippen MR) is 68.1 cm³/mol. The van der Waals surface area contributed by atoms with E-state index in [1.54, 1.807) is 6.07 Å². The summed E-state index contributed by atoms with van der Waals surface area (Å²) in [7, 11) is 0. The number of halogens is 2. The maximum atomic E-state index is 13.4. The number of hydrogen-bond donors (Lipinski definition) is 1. The highest BCUT2D eigenvalue weighted by Gasteiger charge is 2.10. The normalized spacial score (nSPS) is 10.6. The lowest BCUT2D eigenvalue weighted by Gasteiger charge is -2.02. The number of nitrogens with one attached hydrogen (secondary N) is 1. The molecule has 4 nitrogen and oxygen atoms in total. The van der Waals surface area contributed by atoms with Crippen molar-refractivity contribution in [3.05, 3.63) is 40.4 Å². The van der Waals surface area contributed by atoms with E-state index in [0.717, 1.165) is 11.0 Å². The second kappa shape index (κ2) is 5.97. The Kier molecular flexibility index (Phi) is 4.33. The number of benzene rings is 1. The number of hydrogen-bond acceptors (Lipinski definition) is 4. The zero-order chi connectivity index (χ0) is 13.0. The van der Waals surface area contributed by atoms with E-state index in [0.29, 0.717) is 12.2 Å². The van der Waals surface area contributed by atoms with Gasteiger partial charge in [-0.3, -0.25) is 0 Å². The van der Waals surface area contributed by atoms with E-state index >= 15 is 0 Å². The summed E-state index contributed by atoms with van der Waals surface area (Å²) in [5.74, 6) is -0.397. The van der Waals surface area contributed by atoms with Crippen LogP contribution in [-0.4, -0.2) is 11.5 Å². The van der Waals surface area contributed by atoms with Gasteiger partial charge in [0.15, 0.2) is 11.6 Å². The molecule has 0 fully saturated rings. The van der Waals surface area contributed by atoms with Crippen LogP contribution in [0.5, 0.6) is 11.8 Å². The van der Waals surface area contributed by atoms with Gasteiger partial charge in [-0.05, 0) is 24.7 Å². The molecule has 0 saturated carbocycles. The molecule has 1 aromatic heterocycles. The highest BCUT2D eigenvalue weighted by molar-refractivity contribution is 9.10. The summed E-state index contributed by atoms with van der Waals surface area (Å²) in [5, 5.41) is 3.10. The Hall–Kier alpha value is -1.40. The summed E-state index contributed by atoms with van der Waals surface area (Å²) in [6.07, 6.45) is 1.51. The van der Waals surface area contributed by atoms with Crippen molar-refractivity contribution in [1.29, 1.82) is 0 Å². The first-order valence-corrected chi connectivity index (χ1v) is 6.26. The van der Waals surface area contributed by atoms with Gasteiger partial charge in [-0.2, -0.15) is 4.98 Å². The Morgan fingerprint density at radius 3 is 3.11 bits per heavy atom. The first-order chi connectivity index (χ1) is 8.69. The van der Waals surface area contributed by atoms with Crippen molar-refractivity contribution in [2.24, 2.45) is 0 Å². The van der Waals surface area contributed by atoms with Crippen molar-refractivity contribution in [3.8, 4) is 11.8 Å². The molecule has 0 saturated heterocycles. The molecule has 0 aliphatic carbocycles. The van der Waals surface area contributed by atoms with Gasteiger partial charge in [0, 0.05) is 11.0 Å². The van der Waals surface area contributed by atoms with Crippen LogP contribution in [0.4, 0.5) is 4.39 Å². The molecule has 0 aliphatic heterocycles. The minimum Gasteiger partial charge on any atom is -0.417 e. The van der Waals surface area contributed by atoms with Gasteiger partial charge in [-0.1, -0.05) is 22.9 Å². The lowest BCUT2D eigenvalue weighted by Crippen LogP contribution is -2.11. The van der Waals surface area contributed by atoms with Crippen LogP contribution in [0.1, 0.15) is 12.6 Å². The average molecular weight is 315 g/mol. The molecule has 1 N–H and O–H groups in total. The van der Waals surface area contributed by atoms with Crippen LogP contribution in [0.15, 0.2) is 33.4 Å². The summed E-state index contributed by atoms with van der Waals surface area (Å²) in [6.45, 7) is 3.42. The largest absolute Gasteiger partial charge is 0.417 e. The lowest BCUT2D eigenvalue weighted by atomic mass is 10.3. The van der Waals surface area contributed by atoms with Crippen molar-refractivity contribution in [3.63, 3.8) is 0 Å². The molecule has 0 atom stereocenters. The first kappa shape index (κ1) is 13.0. The molecule has 18 heavy (non-hydrogen) atoms. The van der Waals surface area contributed by atoms with Crippen molar-refractivity contribution < 1.29 is 13.5 Å². The van der Waals surface area contributed by atoms with Crippen LogP contribution in [-0.2, 0) is 6.54 Å². The summed E-state index contributed by atoms with van der Waals surface area (Å²) in [6, 6.07) is 4.42. The Labute approximate surface area is 112 Å².